The van der Waals surface area contributed by atoms with E-state index < -0.39 is 16.7 Å². The summed E-state index contributed by atoms with van der Waals surface area (Å²) in [5.74, 6) is 0. The summed E-state index contributed by atoms with van der Waals surface area (Å²) in [6.45, 7) is 16.8. The van der Waals surface area contributed by atoms with Gasteiger partial charge in [0.1, 0.15) is 0 Å². The molecule has 3 nitrogen and oxygen atoms in total. The molecule has 18 heavy (non-hydrogen) atoms. The summed E-state index contributed by atoms with van der Waals surface area (Å²) in [6, 6.07) is 0. The topological polar surface area (TPSA) is 55.5 Å². The van der Waals surface area contributed by atoms with E-state index in [1.54, 1.807) is 13.8 Å². The van der Waals surface area contributed by atoms with Gasteiger partial charge in [0.05, 0.1) is 17.8 Å². The Hall–Kier alpha value is -0.120. The lowest BCUT2D eigenvalue weighted by Gasteiger charge is -2.44. The van der Waals surface area contributed by atoms with E-state index in [1.165, 1.54) is 0 Å². The highest BCUT2D eigenvalue weighted by atomic mass is 16.5. The highest BCUT2D eigenvalue weighted by Gasteiger charge is 2.41. The molecule has 110 valence electrons. The number of hydrogen-bond acceptors (Lipinski definition) is 3. The van der Waals surface area contributed by atoms with Crippen molar-refractivity contribution in [3.63, 3.8) is 0 Å². The van der Waals surface area contributed by atoms with Gasteiger partial charge in [0.15, 0.2) is 0 Å². The molecule has 0 spiro atoms. The lowest BCUT2D eigenvalue weighted by molar-refractivity contribution is -0.0924. The summed E-state index contributed by atoms with van der Waals surface area (Å²) in [6.07, 6.45) is 1.50. The second-order valence-electron chi connectivity index (χ2n) is 8.08. The fraction of sp³-hybridized carbons (Fsp3) is 1.00. The third-order valence-electron chi connectivity index (χ3n) is 3.45. The first-order valence-electron chi connectivity index (χ1n) is 6.82. The highest BCUT2D eigenvalue weighted by molar-refractivity contribution is 4.98. The van der Waals surface area contributed by atoms with Crippen molar-refractivity contribution >= 4 is 0 Å². The van der Waals surface area contributed by atoms with Crippen molar-refractivity contribution in [2.75, 3.05) is 6.61 Å². The largest absolute Gasteiger partial charge is 0.390 e. The van der Waals surface area contributed by atoms with Gasteiger partial charge in [-0.1, -0.05) is 20.8 Å². The number of rotatable bonds is 6. The van der Waals surface area contributed by atoms with Gasteiger partial charge in [0.25, 0.3) is 0 Å². The zero-order valence-corrected chi connectivity index (χ0v) is 13.6. The van der Waals surface area contributed by atoms with Crippen molar-refractivity contribution in [3.05, 3.63) is 0 Å². The molecule has 0 bridgehead atoms. The van der Waals surface area contributed by atoms with Crippen molar-refractivity contribution in [2.24, 2.45) is 11.1 Å². The summed E-state index contributed by atoms with van der Waals surface area (Å²) in [7, 11) is 0. The molecule has 0 amide bonds. The molecule has 0 aliphatic carbocycles. The standard InChI is InChI=1S/C15H33NO2/c1-12(2,3)11-15(8,16)14(6,7)18-10-9-13(4,5)17/h17H,9-11,16H2,1-8H3. The van der Waals surface area contributed by atoms with Crippen molar-refractivity contribution in [2.45, 2.75) is 85.0 Å². The molecule has 3 heteroatoms. The SMILES string of the molecule is CC(C)(C)CC(C)(N)C(C)(C)OCCC(C)(C)O. The predicted molar refractivity (Wildman–Crippen MR) is 77.6 cm³/mol. The van der Waals surface area contributed by atoms with Crippen LogP contribution in [-0.2, 0) is 4.74 Å². The van der Waals surface area contributed by atoms with Gasteiger partial charge in [-0.05, 0) is 52.9 Å². The van der Waals surface area contributed by atoms with E-state index in [0.717, 1.165) is 6.42 Å². The molecule has 0 saturated heterocycles. The molecule has 0 aliphatic heterocycles. The number of aliphatic hydroxyl groups is 1. The van der Waals surface area contributed by atoms with Crippen LogP contribution in [0.1, 0.15) is 68.2 Å². The van der Waals surface area contributed by atoms with E-state index in [1.807, 2.05) is 20.8 Å². The van der Waals surface area contributed by atoms with E-state index in [4.69, 9.17) is 10.5 Å². The first-order valence-corrected chi connectivity index (χ1v) is 6.82. The predicted octanol–water partition coefficient (Wildman–Crippen LogP) is 3.10. The third kappa shape index (κ3) is 6.72. The average molecular weight is 259 g/mol. The van der Waals surface area contributed by atoms with Crippen LogP contribution in [0.25, 0.3) is 0 Å². The van der Waals surface area contributed by atoms with E-state index in [0.29, 0.717) is 13.0 Å². The Bertz CT molecular complexity index is 257. The van der Waals surface area contributed by atoms with Gasteiger partial charge in [-0.15, -0.1) is 0 Å². The monoisotopic (exact) mass is 259 g/mol. The minimum absolute atomic E-state index is 0.167. The minimum Gasteiger partial charge on any atom is -0.390 e. The van der Waals surface area contributed by atoms with E-state index >= 15 is 0 Å². The van der Waals surface area contributed by atoms with Crippen LogP contribution < -0.4 is 5.73 Å². The summed E-state index contributed by atoms with van der Waals surface area (Å²) in [5.41, 5.74) is 5.11. The Morgan fingerprint density at radius 2 is 1.39 bits per heavy atom. The van der Waals surface area contributed by atoms with Crippen molar-refractivity contribution < 1.29 is 9.84 Å². The Balaban J connectivity index is 4.51. The molecule has 1 atom stereocenters. The molecule has 0 aromatic heterocycles. The normalized spacial score (nSPS) is 17.7. The van der Waals surface area contributed by atoms with Gasteiger partial charge in [0, 0.05) is 5.54 Å². The quantitative estimate of drug-likeness (QED) is 0.770. The smallest absolute Gasteiger partial charge is 0.0802 e. The third-order valence-corrected chi connectivity index (χ3v) is 3.45. The molecular weight excluding hydrogens is 226 g/mol. The van der Waals surface area contributed by atoms with Crippen molar-refractivity contribution in [1.82, 2.24) is 0 Å². The second kappa shape index (κ2) is 5.48. The number of ether oxygens (including phenoxy) is 1. The Kier molecular flexibility index (Phi) is 5.44. The zero-order chi connectivity index (χ0) is 14.8. The fourth-order valence-electron chi connectivity index (χ4n) is 2.04. The Morgan fingerprint density at radius 3 is 1.72 bits per heavy atom. The maximum atomic E-state index is 9.69. The maximum absolute atomic E-state index is 9.69. The lowest BCUT2D eigenvalue weighted by Crippen LogP contribution is -2.58. The minimum atomic E-state index is -0.689. The van der Waals surface area contributed by atoms with Gasteiger partial charge in [-0.25, -0.2) is 0 Å². The van der Waals surface area contributed by atoms with Crippen LogP contribution in [-0.4, -0.2) is 28.5 Å². The van der Waals surface area contributed by atoms with Gasteiger partial charge in [0.2, 0.25) is 0 Å². The lowest BCUT2D eigenvalue weighted by atomic mass is 9.73. The first-order chi connectivity index (χ1) is 7.66. The van der Waals surface area contributed by atoms with Crippen LogP contribution >= 0.6 is 0 Å². The molecule has 3 N–H and O–H groups in total. The van der Waals surface area contributed by atoms with Crippen LogP contribution in [0.4, 0.5) is 0 Å². The average Bonchev–Trinajstić information content (AvgIpc) is 1.94. The second-order valence-corrected chi connectivity index (χ2v) is 8.08. The van der Waals surface area contributed by atoms with Crippen molar-refractivity contribution in [1.29, 1.82) is 0 Å². The maximum Gasteiger partial charge on any atom is 0.0802 e. The van der Waals surface area contributed by atoms with Crippen LogP contribution in [0.2, 0.25) is 0 Å². The van der Waals surface area contributed by atoms with E-state index in [9.17, 15) is 5.11 Å². The van der Waals surface area contributed by atoms with Crippen LogP contribution in [0.15, 0.2) is 0 Å². The summed E-state index contributed by atoms with van der Waals surface area (Å²) in [5, 5.41) is 9.69. The molecule has 0 aliphatic rings. The van der Waals surface area contributed by atoms with E-state index in [2.05, 4.69) is 20.8 Å². The van der Waals surface area contributed by atoms with Crippen LogP contribution in [0.3, 0.4) is 0 Å². The van der Waals surface area contributed by atoms with Crippen molar-refractivity contribution in [3.8, 4) is 0 Å². The molecule has 0 rings (SSSR count). The Labute approximate surface area is 113 Å². The molecule has 0 aromatic carbocycles. The first kappa shape index (κ1) is 17.9. The molecule has 0 radical (unpaired) electrons. The molecule has 0 saturated carbocycles. The molecular formula is C15H33NO2. The fourth-order valence-corrected chi connectivity index (χ4v) is 2.04. The Morgan fingerprint density at radius 1 is 0.944 bits per heavy atom. The molecule has 0 fully saturated rings. The van der Waals surface area contributed by atoms with Crippen LogP contribution in [0.5, 0.6) is 0 Å². The number of nitrogens with two attached hydrogens (primary N) is 1. The van der Waals surface area contributed by atoms with Crippen LogP contribution in [0, 0.1) is 5.41 Å². The zero-order valence-electron chi connectivity index (χ0n) is 13.6. The van der Waals surface area contributed by atoms with Gasteiger partial charge >= 0.3 is 0 Å². The van der Waals surface area contributed by atoms with E-state index in [-0.39, 0.29) is 5.41 Å². The molecule has 0 aromatic rings. The van der Waals surface area contributed by atoms with Gasteiger partial charge in [-0.3, -0.25) is 0 Å². The molecule has 0 heterocycles. The summed E-state index contributed by atoms with van der Waals surface area (Å²) < 4.78 is 5.93. The van der Waals surface area contributed by atoms with Gasteiger partial charge < -0.3 is 15.6 Å². The summed E-state index contributed by atoms with van der Waals surface area (Å²) >= 11 is 0. The summed E-state index contributed by atoms with van der Waals surface area (Å²) in [4.78, 5) is 0. The highest BCUT2D eigenvalue weighted by Crippen LogP contribution is 2.34. The number of hydrogen-bond donors (Lipinski definition) is 2. The van der Waals surface area contributed by atoms with Gasteiger partial charge in [-0.2, -0.15) is 0 Å². The molecule has 1 unspecified atom stereocenters.